The number of nitro groups is 1. The summed E-state index contributed by atoms with van der Waals surface area (Å²) in [5.74, 6) is -1.64. The zero-order chi connectivity index (χ0) is 23.6. The fraction of sp³-hybridized carbons (Fsp3) is 0.143. The molecule has 0 saturated carbocycles. The molecule has 0 aliphatic carbocycles. The summed E-state index contributed by atoms with van der Waals surface area (Å²) in [7, 11) is 0. The number of rotatable bonds is 6. The van der Waals surface area contributed by atoms with Crippen molar-refractivity contribution in [2.24, 2.45) is 0 Å². The largest absolute Gasteiger partial charge is 0.453 e. The molecule has 8 nitrogen and oxygen atoms in total. The van der Waals surface area contributed by atoms with Crippen molar-refractivity contribution in [1.29, 1.82) is 5.26 Å². The van der Waals surface area contributed by atoms with Gasteiger partial charge in [0.1, 0.15) is 11.4 Å². The van der Waals surface area contributed by atoms with Crippen LogP contribution in [0, 0.1) is 41.1 Å². The lowest BCUT2D eigenvalue weighted by atomic mass is 10.1. The highest BCUT2D eigenvalue weighted by atomic mass is 35.5. The van der Waals surface area contributed by atoms with Crippen LogP contribution in [0.1, 0.15) is 32.9 Å². The molecule has 0 aliphatic rings. The summed E-state index contributed by atoms with van der Waals surface area (Å²) >= 11 is 12.0. The highest BCUT2D eigenvalue weighted by molar-refractivity contribution is 6.32. The normalized spacial score (nSPS) is 10.5. The molecule has 0 bridgehead atoms. The summed E-state index contributed by atoms with van der Waals surface area (Å²) in [6.07, 6.45) is 0. The highest BCUT2D eigenvalue weighted by Gasteiger charge is 2.25. The van der Waals surface area contributed by atoms with Gasteiger partial charge in [0.25, 0.3) is 11.6 Å². The Morgan fingerprint density at radius 1 is 1.31 bits per heavy atom. The number of benzene rings is 2. The van der Waals surface area contributed by atoms with E-state index in [0.29, 0.717) is 0 Å². The van der Waals surface area contributed by atoms with Crippen LogP contribution in [0.15, 0.2) is 30.3 Å². The van der Waals surface area contributed by atoms with Crippen LogP contribution in [0.2, 0.25) is 10.0 Å². The molecule has 0 aliphatic heterocycles. The Bertz CT molecular complexity index is 1280. The minimum absolute atomic E-state index is 0.0167. The molecule has 0 saturated heterocycles. The van der Waals surface area contributed by atoms with Crippen molar-refractivity contribution in [2.45, 2.75) is 20.4 Å². The van der Waals surface area contributed by atoms with Crippen molar-refractivity contribution < 1.29 is 18.8 Å². The number of hydrogen-bond donors (Lipinski definition) is 2. The Morgan fingerprint density at radius 3 is 2.66 bits per heavy atom. The third-order valence-electron chi connectivity index (χ3n) is 4.60. The molecule has 0 spiro atoms. The van der Waals surface area contributed by atoms with Crippen molar-refractivity contribution >= 4 is 34.8 Å². The highest BCUT2D eigenvalue weighted by Crippen LogP contribution is 2.35. The maximum Gasteiger partial charge on any atom is 0.293 e. The van der Waals surface area contributed by atoms with Gasteiger partial charge in [-0.05, 0) is 38.1 Å². The number of carbonyl (C=O) groups excluding carboxylic acids is 1. The van der Waals surface area contributed by atoms with E-state index in [1.165, 1.54) is 44.2 Å². The molecule has 32 heavy (non-hydrogen) atoms. The van der Waals surface area contributed by atoms with E-state index in [1.54, 1.807) is 0 Å². The van der Waals surface area contributed by atoms with Crippen LogP contribution >= 0.6 is 23.2 Å². The maximum atomic E-state index is 15.1. The summed E-state index contributed by atoms with van der Waals surface area (Å²) in [5, 5.41) is 22.9. The standard InChI is InChI=1S/C21H15Cl2FN4O4/c1-10-18(27-11(2)19(10)28(30)31)21(29)26-9-13-3-4-16(23)20(17(13)24)32-15-6-12(8-25)5-14(22)7-15/h3-7,27H,9H2,1-2H3,(H,26,29). The molecule has 3 rings (SSSR count). The number of aromatic amines is 1. The van der Waals surface area contributed by atoms with Gasteiger partial charge in [-0.3, -0.25) is 14.9 Å². The quantitative estimate of drug-likeness (QED) is 0.355. The van der Waals surface area contributed by atoms with Gasteiger partial charge in [-0.1, -0.05) is 29.3 Å². The maximum absolute atomic E-state index is 15.1. The van der Waals surface area contributed by atoms with Crippen molar-refractivity contribution in [3.05, 3.63) is 84.4 Å². The van der Waals surface area contributed by atoms with E-state index in [9.17, 15) is 14.9 Å². The molecular formula is C21H15Cl2FN4O4. The van der Waals surface area contributed by atoms with Crippen LogP contribution < -0.4 is 10.1 Å². The SMILES string of the molecule is Cc1[nH]c(C(=O)NCc2ccc(Cl)c(Oc3cc(Cl)cc(C#N)c3)c2F)c(C)c1[N+](=O)[O-]. The smallest absolute Gasteiger partial charge is 0.293 e. The Hall–Kier alpha value is -3.61. The average Bonchev–Trinajstić information content (AvgIpc) is 3.04. The third kappa shape index (κ3) is 4.66. The first kappa shape index (κ1) is 23.1. The van der Waals surface area contributed by atoms with Crippen molar-refractivity contribution in [2.75, 3.05) is 0 Å². The van der Waals surface area contributed by atoms with Crippen LogP contribution in [0.5, 0.6) is 11.5 Å². The molecule has 1 amide bonds. The molecule has 0 unspecified atom stereocenters. The fourth-order valence-corrected chi connectivity index (χ4v) is 3.52. The van der Waals surface area contributed by atoms with Gasteiger partial charge in [-0.2, -0.15) is 5.26 Å². The van der Waals surface area contributed by atoms with Gasteiger partial charge in [0.05, 0.1) is 32.8 Å². The van der Waals surface area contributed by atoms with E-state index in [0.717, 1.165) is 0 Å². The number of halogens is 3. The number of hydrogen-bond acceptors (Lipinski definition) is 5. The van der Waals surface area contributed by atoms with Crippen LogP contribution in [0.4, 0.5) is 10.1 Å². The molecular weight excluding hydrogens is 462 g/mol. The van der Waals surface area contributed by atoms with E-state index in [4.69, 9.17) is 33.2 Å². The number of amides is 1. The van der Waals surface area contributed by atoms with Gasteiger partial charge in [0.15, 0.2) is 11.6 Å². The van der Waals surface area contributed by atoms with E-state index < -0.39 is 16.6 Å². The topological polar surface area (TPSA) is 121 Å². The monoisotopic (exact) mass is 476 g/mol. The Labute approximate surface area is 191 Å². The molecule has 1 heterocycles. The number of nitrogens with zero attached hydrogens (tertiary/aromatic N) is 2. The van der Waals surface area contributed by atoms with Gasteiger partial charge < -0.3 is 15.0 Å². The summed E-state index contributed by atoms with van der Waals surface area (Å²) in [5.41, 5.74) is 0.544. The van der Waals surface area contributed by atoms with Gasteiger partial charge >= 0.3 is 0 Å². The number of aryl methyl sites for hydroxylation is 1. The molecule has 0 radical (unpaired) electrons. The fourth-order valence-electron chi connectivity index (χ4n) is 3.11. The predicted octanol–water partition coefficient (Wildman–Crippen LogP) is 5.58. The van der Waals surface area contributed by atoms with Crippen molar-refractivity contribution in [3.8, 4) is 17.6 Å². The molecule has 2 aromatic carbocycles. The molecule has 11 heteroatoms. The third-order valence-corrected chi connectivity index (χ3v) is 5.11. The Kier molecular flexibility index (Phi) is 6.67. The number of ether oxygens (including phenoxy) is 1. The minimum atomic E-state index is -0.818. The van der Waals surface area contributed by atoms with Crippen LogP contribution in [0.3, 0.4) is 0 Å². The van der Waals surface area contributed by atoms with Gasteiger partial charge in [0, 0.05) is 17.1 Å². The van der Waals surface area contributed by atoms with E-state index in [1.807, 2.05) is 6.07 Å². The van der Waals surface area contributed by atoms with E-state index in [-0.39, 0.29) is 61.9 Å². The first-order valence-corrected chi connectivity index (χ1v) is 9.85. The molecule has 0 atom stereocenters. The van der Waals surface area contributed by atoms with Gasteiger partial charge in [0.2, 0.25) is 0 Å². The second-order valence-corrected chi connectivity index (χ2v) is 7.62. The zero-order valence-corrected chi connectivity index (χ0v) is 18.3. The number of aromatic nitrogens is 1. The van der Waals surface area contributed by atoms with Crippen molar-refractivity contribution in [1.82, 2.24) is 10.3 Å². The Morgan fingerprint density at radius 2 is 2.03 bits per heavy atom. The summed E-state index contributed by atoms with van der Waals surface area (Å²) in [6.45, 7) is 2.70. The number of nitriles is 1. The zero-order valence-electron chi connectivity index (χ0n) is 16.8. The lowest BCUT2D eigenvalue weighted by Crippen LogP contribution is -2.24. The van der Waals surface area contributed by atoms with E-state index >= 15 is 4.39 Å². The number of nitrogens with one attached hydrogen (secondary N) is 2. The average molecular weight is 477 g/mol. The van der Waals surface area contributed by atoms with Gasteiger partial charge in [-0.15, -0.1) is 0 Å². The lowest BCUT2D eigenvalue weighted by Gasteiger charge is -2.13. The summed E-state index contributed by atoms with van der Waals surface area (Å²) < 4.78 is 20.6. The Balaban J connectivity index is 1.83. The van der Waals surface area contributed by atoms with Crippen LogP contribution in [-0.2, 0) is 6.54 Å². The predicted molar refractivity (Wildman–Crippen MR) is 116 cm³/mol. The second-order valence-electron chi connectivity index (χ2n) is 6.78. The molecule has 1 aromatic heterocycles. The van der Waals surface area contributed by atoms with Crippen molar-refractivity contribution in [3.63, 3.8) is 0 Å². The molecule has 0 fully saturated rings. The minimum Gasteiger partial charge on any atom is -0.453 e. The van der Waals surface area contributed by atoms with Crippen LogP contribution in [0.25, 0.3) is 0 Å². The summed E-state index contributed by atoms with van der Waals surface area (Å²) in [6, 6.07) is 8.88. The van der Waals surface area contributed by atoms with Crippen LogP contribution in [-0.4, -0.2) is 15.8 Å². The first-order chi connectivity index (χ1) is 15.1. The molecule has 2 N–H and O–H groups in total. The van der Waals surface area contributed by atoms with E-state index in [2.05, 4.69) is 10.3 Å². The molecule has 164 valence electrons. The first-order valence-electron chi connectivity index (χ1n) is 9.09. The second kappa shape index (κ2) is 9.26. The molecule has 3 aromatic rings. The lowest BCUT2D eigenvalue weighted by molar-refractivity contribution is -0.385. The number of carbonyl (C=O) groups is 1. The number of H-pyrrole nitrogens is 1. The summed E-state index contributed by atoms with van der Waals surface area (Å²) in [4.78, 5) is 25.7. The van der Waals surface area contributed by atoms with Gasteiger partial charge in [-0.25, -0.2) is 4.39 Å².